The first-order chi connectivity index (χ1) is 13.0. The second kappa shape index (κ2) is 10.3. The number of hydrogen-bond donors (Lipinski definition) is 5. The zero-order chi connectivity index (χ0) is 19.6. The van der Waals surface area contributed by atoms with Gasteiger partial charge in [0.2, 0.25) is 17.7 Å². The molecule has 2 aromatic rings. The zero-order valence-electron chi connectivity index (χ0n) is 15.3. The topological polar surface area (TPSA) is 143 Å². The summed E-state index contributed by atoms with van der Waals surface area (Å²) >= 11 is 0. The van der Waals surface area contributed by atoms with Crippen molar-refractivity contribution in [1.82, 2.24) is 15.6 Å². The van der Waals surface area contributed by atoms with Crippen LogP contribution < -0.4 is 22.1 Å². The highest BCUT2D eigenvalue weighted by Gasteiger charge is 2.23. The van der Waals surface area contributed by atoms with Crippen molar-refractivity contribution in [2.45, 2.75) is 38.1 Å². The molecule has 0 saturated carbocycles. The number of rotatable bonds is 11. The number of amides is 3. The van der Waals surface area contributed by atoms with E-state index in [1.165, 1.54) is 0 Å². The van der Waals surface area contributed by atoms with Crippen molar-refractivity contribution in [3.05, 3.63) is 36.0 Å². The van der Waals surface area contributed by atoms with Crippen LogP contribution in [0.3, 0.4) is 0 Å². The second-order valence-electron chi connectivity index (χ2n) is 6.47. The molecule has 0 aliphatic carbocycles. The van der Waals surface area contributed by atoms with Gasteiger partial charge in [-0.05, 0) is 31.0 Å². The number of primary amides is 1. The average Bonchev–Trinajstić information content (AvgIpc) is 3.03. The quantitative estimate of drug-likeness (QED) is 0.361. The Hall–Kier alpha value is -2.87. The first-order valence-electron chi connectivity index (χ1n) is 9.11. The number of benzene rings is 1. The number of carbonyl (C=O) groups excluding carboxylic acids is 3. The van der Waals surface area contributed by atoms with E-state index < -0.39 is 17.9 Å². The summed E-state index contributed by atoms with van der Waals surface area (Å²) in [5.41, 5.74) is 12.4. The highest BCUT2D eigenvalue weighted by atomic mass is 16.2. The summed E-state index contributed by atoms with van der Waals surface area (Å²) < 4.78 is 0. The predicted molar refractivity (Wildman–Crippen MR) is 104 cm³/mol. The molecule has 1 heterocycles. The molecular formula is C19H27N5O3. The molecule has 0 spiro atoms. The zero-order valence-corrected chi connectivity index (χ0v) is 15.3. The standard InChI is InChI=1S/C19H27N5O3/c20-8-4-1-5-9-22-19(27)16(11-17(21)25)24-18(26)10-13-12-23-15-7-3-2-6-14(13)15/h2-3,6-7,12,16,23H,1,4-5,8-11,20H2,(H2,21,25)(H,22,27)(H,24,26)/t16-/m0/s1. The number of carbonyl (C=O) groups is 3. The maximum Gasteiger partial charge on any atom is 0.243 e. The molecule has 1 aromatic heterocycles. The smallest absolute Gasteiger partial charge is 0.243 e. The Morgan fingerprint density at radius 3 is 2.63 bits per heavy atom. The molecule has 0 aliphatic heterocycles. The Bertz CT molecular complexity index is 786. The van der Waals surface area contributed by atoms with Crippen molar-refractivity contribution >= 4 is 28.6 Å². The molecule has 27 heavy (non-hydrogen) atoms. The highest BCUT2D eigenvalue weighted by molar-refractivity contribution is 5.93. The SMILES string of the molecule is NCCCCCNC(=O)[C@H](CC(N)=O)NC(=O)Cc1c[nH]c2ccccc12. The normalized spacial score (nSPS) is 11.9. The maximum atomic E-state index is 12.4. The van der Waals surface area contributed by atoms with Crippen molar-refractivity contribution in [3.8, 4) is 0 Å². The number of aromatic amines is 1. The number of nitrogens with one attached hydrogen (secondary N) is 3. The molecule has 7 N–H and O–H groups in total. The summed E-state index contributed by atoms with van der Waals surface area (Å²) in [6.45, 7) is 1.08. The molecule has 2 rings (SSSR count). The molecule has 0 fully saturated rings. The number of H-pyrrole nitrogens is 1. The van der Waals surface area contributed by atoms with Crippen LogP contribution >= 0.6 is 0 Å². The molecule has 1 aromatic carbocycles. The largest absolute Gasteiger partial charge is 0.370 e. The molecule has 0 aliphatic rings. The molecule has 0 saturated heterocycles. The highest BCUT2D eigenvalue weighted by Crippen LogP contribution is 2.18. The lowest BCUT2D eigenvalue weighted by molar-refractivity contribution is -0.130. The number of nitrogens with two attached hydrogens (primary N) is 2. The van der Waals surface area contributed by atoms with Crippen LogP contribution in [0.4, 0.5) is 0 Å². The lowest BCUT2D eigenvalue weighted by atomic mass is 10.1. The number of aromatic nitrogens is 1. The minimum atomic E-state index is -0.977. The van der Waals surface area contributed by atoms with E-state index in [2.05, 4.69) is 15.6 Å². The predicted octanol–water partition coefficient (Wildman–Crippen LogP) is 0.316. The number of fused-ring (bicyclic) bond motifs is 1. The van der Waals surface area contributed by atoms with E-state index in [0.717, 1.165) is 35.7 Å². The van der Waals surface area contributed by atoms with E-state index in [4.69, 9.17) is 11.5 Å². The van der Waals surface area contributed by atoms with Gasteiger partial charge in [0.05, 0.1) is 12.8 Å². The molecule has 8 heteroatoms. The molecule has 3 amide bonds. The fourth-order valence-corrected chi connectivity index (χ4v) is 2.89. The third kappa shape index (κ3) is 6.41. The minimum absolute atomic E-state index is 0.100. The summed E-state index contributed by atoms with van der Waals surface area (Å²) in [6.07, 6.45) is 4.21. The van der Waals surface area contributed by atoms with Gasteiger partial charge >= 0.3 is 0 Å². The van der Waals surface area contributed by atoms with E-state index in [0.29, 0.717) is 13.1 Å². The Morgan fingerprint density at radius 2 is 1.89 bits per heavy atom. The van der Waals surface area contributed by atoms with Crippen molar-refractivity contribution in [1.29, 1.82) is 0 Å². The Balaban J connectivity index is 1.92. The van der Waals surface area contributed by atoms with Crippen molar-refractivity contribution < 1.29 is 14.4 Å². The van der Waals surface area contributed by atoms with Crippen molar-refractivity contribution in [2.24, 2.45) is 11.5 Å². The summed E-state index contributed by atoms with van der Waals surface area (Å²) in [4.78, 5) is 39.1. The van der Waals surface area contributed by atoms with E-state index in [1.54, 1.807) is 6.20 Å². The first-order valence-corrected chi connectivity index (χ1v) is 9.11. The number of unbranched alkanes of at least 4 members (excludes halogenated alkanes) is 2. The monoisotopic (exact) mass is 373 g/mol. The van der Waals surface area contributed by atoms with Gasteiger partial charge in [-0.1, -0.05) is 24.6 Å². The Labute approximate surface area is 158 Å². The van der Waals surface area contributed by atoms with Gasteiger partial charge in [-0.25, -0.2) is 0 Å². The van der Waals surface area contributed by atoms with Crippen LogP contribution in [0.25, 0.3) is 10.9 Å². The van der Waals surface area contributed by atoms with E-state index >= 15 is 0 Å². The molecule has 0 radical (unpaired) electrons. The van der Waals surface area contributed by atoms with Gasteiger partial charge in [0.25, 0.3) is 0 Å². The number of hydrogen-bond acceptors (Lipinski definition) is 4. The van der Waals surface area contributed by atoms with Gasteiger partial charge in [0.15, 0.2) is 0 Å². The second-order valence-corrected chi connectivity index (χ2v) is 6.47. The van der Waals surface area contributed by atoms with Crippen LogP contribution in [0.5, 0.6) is 0 Å². The fraction of sp³-hybridized carbons (Fsp3) is 0.421. The summed E-state index contributed by atoms with van der Waals surface area (Å²) in [7, 11) is 0. The third-order valence-corrected chi connectivity index (χ3v) is 4.26. The third-order valence-electron chi connectivity index (χ3n) is 4.26. The van der Waals surface area contributed by atoms with Gasteiger partial charge in [0.1, 0.15) is 6.04 Å². The van der Waals surface area contributed by atoms with Crippen LogP contribution in [-0.2, 0) is 20.8 Å². The Morgan fingerprint density at radius 1 is 1.11 bits per heavy atom. The van der Waals surface area contributed by atoms with Crippen LogP contribution in [0.15, 0.2) is 30.5 Å². The van der Waals surface area contributed by atoms with Crippen LogP contribution in [0, 0.1) is 0 Å². The average molecular weight is 373 g/mol. The molecule has 8 nitrogen and oxygen atoms in total. The molecular weight excluding hydrogens is 346 g/mol. The van der Waals surface area contributed by atoms with Gasteiger partial charge in [-0.15, -0.1) is 0 Å². The van der Waals surface area contributed by atoms with Crippen LogP contribution in [0.2, 0.25) is 0 Å². The van der Waals surface area contributed by atoms with Crippen LogP contribution in [0.1, 0.15) is 31.2 Å². The lowest BCUT2D eigenvalue weighted by Crippen LogP contribution is -2.49. The molecule has 0 unspecified atom stereocenters. The van der Waals surface area contributed by atoms with E-state index in [-0.39, 0.29) is 18.7 Å². The first kappa shape index (κ1) is 20.4. The van der Waals surface area contributed by atoms with Gasteiger partial charge in [-0.3, -0.25) is 14.4 Å². The summed E-state index contributed by atoms with van der Waals surface area (Å²) in [5.74, 6) is -1.40. The van der Waals surface area contributed by atoms with E-state index in [9.17, 15) is 14.4 Å². The summed E-state index contributed by atoms with van der Waals surface area (Å²) in [5, 5.41) is 6.30. The Kier molecular flexibility index (Phi) is 7.81. The van der Waals surface area contributed by atoms with Gasteiger partial charge in [0, 0.05) is 23.6 Å². The molecule has 1 atom stereocenters. The van der Waals surface area contributed by atoms with E-state index in [1.807, 2.05) is 24.3 Å². The molecule has 0 bridgehead atoms. The number of para-hydroxylation sites is 1. The van der Waals surface area contributed by atoms with Crippen molar-refractivity contribution in [2.75, 3.05) is 13.1 Å². The van der Waals surface area contributed by atoms with Crippen LogP contribution in [-0.4, -0.2) is 41.8 Å². The van der Waals surface area contributed by atoms with Gasteiger partial charge in [-0.2, -0.15) is 0 Å². The molecule has 146 valence electrons. The summed E-state index contributed by atoms with van der Waals surface area (Å²) in [6, 6.07) is 6.66. The fourth-order valence-electron chi connectivity index (χ4n) is 2.89. The lowest BCUT2D eigenvalue weighted by Gasteiger charge is -2.17. The maximum absolute atomic E-state index is 12.4. The minimum Gasteiger partial charge on any atom is -0.370 e. The van der Waals surface area contributed by atoms with Gasteiger partial charge < -0.3 is 27.1 Å². The van der Waals surface area contributed by atoms with Crippen molar-refractivity contribution in [3.63, 3.8) is 0 Å².